The molecule has 700 valence electrons. The van der Waals surface area contributed by atoms with Crippen LogP contribution in [0.3, 0.4) is 0 Å². The summed E-state index contributed by atoms with van der Waals surface area (Å²) in [5.74, 6) is -0.332. The summed E-state index contributed by atoms with van der Waals surface area (Å²) in [6, 6.07) is 51.7. The third-order valence-electron chi connectivity index (χ3n) is 21.4. The molecular weight excluding hydrogens is 1910 g/mol. The lowest BCUT2D eigenvalue weighted by atomic mass is 9.99. The van der Waals surface area contributed by atoms with Crippen molar-refractivity contribution in [3.8, 4) is 23.0 Å². The Labute approximate surface area is 807 Å². The standard InChI is InChI=1S/C28H31Cl2N3O6.C25H21ClN2O4.C24H19Cl2N5O5.C18H15Cl3N4O3/c1-38-24-15-25(39-2)22(14-21(24)30)31-26(35)16-33-23-10-9-18(29)13-20(23)27(36)32(28(33)37)11-5-8-19(34)12-17-6-3-4-7-17;1-2-32-23-13-12-18(14-20(23)26)22(29)16-27-21-11-7-6-10-19(21)24(30)28(25(27)31)15-17-8-4-3-5-9-17;1-36-18-9-5-3-7-16(18)28-22(33)13-31-23(34)15-6-2-4-8-17(15)30(24(31)35)12-21(32)27-14-10-19(25)29-20(26)11-14;1-2-5-24-17(27)12-6-10(19)3-4-13(12)25(18(24)28)9-16(26)22-11-7-14(20)23-15(21)8-11/h9-10,13-15,17H,3-8,11-12,16H2,1-2H3,(H,31,35);3-14H,2,15-16H2,1H3;2-11H,12-13H2,1H3,(H,28,33)(H,27,29,32);3-4,6-8H,2,5,9H2,1H3,(H,22,23,26). The Bertz CT molecular complexity index is 7400. The molecule has 40 heteroatoms. The van der Waals surface area contributed by atoms with Gasteiger partial charge in [0.25, 0.3) is 22.2 Å². The molecule has 0 spiro atoms. The number of carbonyl (C=O) groups is 6. The van der Waals surface area contributed by atoms with E-state index in [0.29, 0.717) is 109 Å². The third kappa shape index (κ3) is 25.2. The molecule has 135 heavy (non-hydrogen) atoms. The second kappa shape index (κ2) is 46.5. The first-order valence-corrected chi connectivity index (χ1v) is 45.0. The second-order valence-corrected chi connectivity index (χ2v) is 33.8. The molecule has 15 rings (SSSR count). The molecule has 8 aromatic carbocycles. The molecule has 6 aromatic heterocycles. The highest BCUT2D eigenvalue weighted by atomic mass is 35.5. The zero-order chi connectivity index (χ0) is 97.0. The van der Waals surface area contributed by atoms with E-state index in [0.717, 1.165) is 41.2 Å². The first-order chi connectivity index (χ1) is 64.8. The minimum absolute atomic E-state index is 0.0556. The summed E-state index contributed by atoms with van der Waals surface area (Å²) in [5.41, 5.74) is -0.827. The summed E-state index contributed by atoms with van der Waals surface area (Å²) < 4.78 is 30.2. The molecule has 1 saturated carbocycles. The van der Waals surface area contributed by atoms with Crippen LogP contribution in [0.1, 0.15) is 81.1 Å². The Morgan fingerprint density at radius 3 is 1.33 bits per heavy atom. The first-order valence-electron chi connectivity index (χ1n) is 42.0. The van der Waals surface area contributed by atoms with Crippen molar-refractivity contribution in [1.82, 2.24) is 46.5 Å². The van der Waals surface area contributed by atoms with Gasteiger partial charge in [-0.1, -0.05) is 192 Å². The zero-order valence-electron chi connectivity index (χ0n) is 72.9. The van der Waals surface area contributed by atoms with E-state index in [-0.39, 0.29) is 121 Å². The number of nitrogens with one attached hydrogen (secondary N) is 4. The number of amides is 4. The van der Waals surface area contributed by atoms with Crippen LogP contribution in [-0.2, 0) is 76.3 Å². The van der Waals surface area contributed by atoms with E-state index >= 15 is 0 Å². The van der Waals surface area contributed by atoms with Gasteiger partial charge < -0.3 is 40.2 Å². The van der Waals surface area contributed by atoms with Gasteiger partial charge in [-0.15, -0.1) is 0 Å². The van der Waals surface area contributed by atoms with Gasteiger partial charge in [0.2, 0.25) is 23.6 Å². The van der Waals surface area contributed by atoms with Crippen LogP contribution in [-0.4, -0.2) is 110 Å². The van der Waals surface area contributed by atoms with Gasteiger partial charge in [-0.05, 0) is 153 Å². The molecule has 6 heterocycles. The Balaban J connectivity index is 0.000000163. The average molecular weight is 2000 g/mol. The Kier molecular flexibility index (Phi) is 34.6. The smallest absolute Gasteiger partial charge is 0.332 e. The van der Waals surface area contributed by atoms with Crippen molar-refractivity contribution >= 4 is 194 Å². The Hall–Kier alpha value is -13.4. The van der Waals surface area contributed by atoms with Crippen molar-refractivity contribution in [1.29, 1.82) is 0 Å². The Morgan fingerprint density at radius 2 is 0.815 bits per heavy atom. The normalized spacial score (nSPS) is 11.7. The number of fused-ring (bicyclic) bond motifs is 4. The number of pyridine rings is 2. The number of rotatable bonds is 30. The Morgan fingerprint density at radius 1 is 0.385 bits per heavy atom. The minimum Gasteiger partial charge on any atom is -0.495 e. The maximum Gasteiger partial charge on any atom is 0.332 e. The number of halogens is 8. The van der Waals surface area contributed by atoms with Crippen LogP contribution in [0.2, 0.25) is 40.7 Å². The van der Waals surface area contributed by atoms with Crippen molar-refractivity contribution < 1.29 is 47.7 Å². The number of hydrogen-bond donors (Lipinski definition) is 4. The van der Waals surface area contributed by atoms with Crippen LogP contribution in [0.25, 0.3) is 43.6 Å². The van der Waals surface area contributed by atoms with E-state index < -0.39 is 76.2 Å². The van der Waals surface area contributed by atoms with Crippen molar-refractivity contribution in [2.75, 3.05) is 49.2 Å². The predicted molar refractivity (Wildman–Crippen MR) is 524 cm³/mol. The summed E-state index contributed by atoms with van der Waals surface area (Å²) in [7, 11) is 4.36. The van der Waals surface area contributed by atoms with Gasteiger partial charge in [-0.25, -0.2) is 29.1 Å². The van der Waals surface area contributed by atoms with Crippen LogP contribution in [0.5, 0.6) is 23.0 Å². The molecule has 4 N–H and O–H groups in total. The van der Waals surface area contributed by atoms with Gasteiger partial charge >= 0.3 is 22.8 Å². The fraction of sp³-hybridized carbons (Fsp3) is 0.242. The summed E-state index contributed by atoms with van der Waals surface area (Å²) in [4.78, 5) is 189. The molecule has 0 bridgehead atoms. The maximum absolute atomic E-state index is 13.5. The van der Waals surface area contributed by atoms with Crippen LogP contribution in [0.4, 0.5) is 22.7 Å². The van der Waals surface area contributed by atoms with Crippen LogP contribution in [0, 0.1) is 5.92 Å². The zero-order valence-corrected chi connectivity index (χ0v) is 79.0. The van der Waals surface area contributed by atoms with Crippen molar-refractivity contribution in [3.63, 3.8) is 0 Å². The lowest BCUT2D eigenvalue weighted by Crippen LogP contribution is -2.44. The van der Waals surface area contributed by atoms with Crippen molar-refractivity contribution in [2.24, 2.45) is 5.92 Å². The van der Waals surface area contributed by atoms with E-state index in [1.807, 2.05) is 44.2 Å². The van der Waals surface area contributed by atoms with Gasteiger partial charge in [-0.3, -0.25) is 84.5 Å². The van der Waals surface area contributed by atoms with Gasteiger partial charge in [0.05, 0.1) is 106 Å². The quantitative estimate of drug-likeness (QED) is 0.0240. The van der Waals surface area contributed by atoms with E-state index in [2.05, 4.69) is 31.2 Å². The average Bonchev–Trinajstić information content (AvgIpc) is 1.04. The van der Waals surface area contributed by atoms with E-state index in [1.165, 1.54) is 115 Å². The van der Waals surface area contributed by atoms with E-state index in [1.54, 1.807) is 97.1 Å². The van der Waals surface area contributed by atoms with Gasteiger partial charge in [0, 0.05) is 59.0 Å². The highest BCUT2D eigenvalue weighted by Gasteiger charge is 2.26. The van der Waals surface area contributed by atoms with Crippen LogP contribution >= 0.6 is 92.8 Å². The lowest BCUT2D eigenvalue weighted by Gasteiger charge is -2.16. The number of carbonyl (C=O) groups excluding carboxylic acids is 6. The van der Waals surface area contributed by atoms with E-state index in [9.17, 15) is 67.1 Å². The van der Waals surface area contributed by atoms with Crippen molar-refractivity contribution in [3.05, 3.63) is 329 Å². The molecular formula is C95H86Cl8N14O18. The molecule has 32 nitrogen and oxygen atoms in total. The fourth-order valence-corrected chi connectivity index (χ4v) is 16.9. The molecule has 14 aromatic rings. The largest absolute Gasteiger partial charge is 0.495 e. The van der Waals surface area contributed by atoms with E-state index in [4.69, 9.17) is 112 Å². The molecule has 0 atom stereocenters. The molecule has 0 aliphatic heterocycles. The SMILES string of the molecule is CCCn1c(=O)c2cc(Cl)ccc2n(CC(=O)Nc2cc(Cl)nc(Cl)c2)c1=O.CCOc1ccc(C(=O)Cn2c(=O)n(Cc3ccccc3)c(=O)c3ccccc32)cc1Cl.COc1cc(OC)c(NC(=O)Cn2c(=O)n(CCCC(=O)CC3CCCC3)c(=O)c3cc(Cl)ccc32)cc1Cl.COc1ccccc1NC(=O)Cn1c(=O)c2ccccc2n(CC(=O)Nc2cc(Cl)nc(Cl)c2)c1=O. The summed E-state index contributed by atoms with van der Waals surface area (Å²) >= 11 is 48.0. The number of hydrogen-bond acceptors (Lipinski definition) is 20. The summed E-state index contributed by atoms with van der Waals surface area (Å²) in [6.07, 6.45) is 6.26. The summed E-state index contributed by atoms with van der Waals surface area (Å²) in [6.45, 7) is 2.63. The van der Waals surface area contributed by atoms with Gasteiger partial charge in [-0.2, -0.15) is 0 Å². The maximum atomic E-state index is 13.5. The molecule has 0 unspecified atom stereocenters. The van der Waals surface area contributed by atoms with Crippen LogP contribution in [0.15, 0.2) is 232 Å². The second-order valence-electron chi connectivity index (χ2n) is 30.6. The molecule has 0 saturated heterocycles. The third-order valence-corrected chi connectivity index (χ3v) is 23.2. The van der Waals surface area contributed by atoms with Gasteiger partial charge in [0.1, 0.15) is 75.6 Å². The number of benzene rings is 8. The molecule has 4 amide bonds. The fourth-order valence-electron chi connectivity index (χ4n) is 15.2. The number of ketones is 2. The first kappa shape index (κ1) is 101. The topological polar surface area (TPSA) is 389 Å². The number of anilines is 4. The van der Waals surface area contributed by atoms with Gasteiger partial charge in [0.15, 0.2) is 5.78 Å². The highest BCUT2D eigenvalue weighted by Crippen LogP contribution is 2.37. The summed E-state index contributed by atoms with van der Waals surface area (Å²) in [5, 5.41) is 13.3. The number of ether oxygens (including phenoxy) is 4. The highest BCUT2D eigenvalue weighted by molar-refractivity contribution is 6.35. The number of nitrogens with zero attached hydrogens (tertiary/aromatic N) is 10. The van der Waals surface area contributed by atoms with Crippen molar-refractivity contribution in [2.45, 2.75) is 118 Å². The lowest BCUT2D eigenvalue weighted by molar-refractivity contribution is -0.120. The molecule has 1 fully saturated rings. The molecule has 1 aliphatic rings. The number of methoxy groups -OCH3 is 3. The number of aromatic nitrogens is 10. The van der Waals surface area contributed by atoms with Crippen LogP contribution < -0.4 is 85.2 Å². The monoisotopic (exact) mass is 1990 g/mol. The minimum atomic E-state index is -0.824. The molecule has 1 aliphatic carbocycles. The number of Topliss-reactive ketones (excluding diaryl/α,β-unsaturated/α-hetero) is 2. The number of para-hydroxylation sites is 4. The molecule has 0 radical (unpaired) electrons. The predicted octanol–water partition coefficient (Wildman–Crippen LogP) is 15.9.